The SMILES string of the molecule is COc1cc(N2CCC(C=O)CC2)c(F)cc1[C@H]1c2ccc(O)cc2OC[C@H]1c1ccccc1. The van der Waals surface area contributed by atoms with Crippen LogP contribution in [0.4, 0.5) is 10.1 Å². The molecule has 0 unspecified atom stereocenters. The van der Waals surface area contributed by atoms with Crippen LogP contribution in [-0.4, -0.2) is 38.2 Å². The number of methoxy groups -OCH3 is 1. The van der Waals surface area contributed by atoms with Gasteiger partial charge in [0.25, 0.3) is 0 Å². The van der Waals surface area contributed by atoms with Gasteiger partial charge in [-0.15, -0.1) is 0 Å². The van der Waals surface area contributed by atoms with Crippen LogP contribution >= 0.6 is 0 Å². The number of aromatic hydroxyl groups is 1. The number of carbonyl (C=O) groups is 1. The van der Waals surface area contributed by atoms with Crippen molar-refractivity contribution < 1.29 is 23.8 Å². The lowest BCUT2D eigenvalue weighted by molar-refractivity contribution is -0.111. The summed E-state index contributed by atoms with van der Waals surface area (Å²) >= 11 is 0. The van der Waals surface area contributed by atoms with Crippen molar-refractivity contribution in [2.45, 2.75) is 24.7 Å². The van der Waals surface area contributed by atoms with Crippen LogP contribution in [0.25, 0.3) is 0 Å². The van der Waals surface area contributed by atoms with E-state index in [0.717, 1.165) is 35.8 Å². The summed E-state index contributed by atoms with van der Waals surface area (Å²) in [4.78, 5) is 13.1. The van der Waals surface area contributed by atoms with Gasteiger partial charge in [0.05, 0.1) is 19.4 Å². The van der Waals surface area contributed by atoms with Gasteiger partial charge in [-0.1, -0.05) is 36.4 Å². The molecule has 1 N–H and O–H groups in total. The van der Waals surface area contributed by atoms with Crippen LogP contribution in [0.15, 0.2) is 60.7 Å². The lowest BCUT2D eigenvalue weighted by Crippen LogP contribution is -2.34. The van der Waals surface area contributed by atoms with E-state index in [-0.39, 0.29) is 29.3 Å². The molecule has 0 spiro atoms. The third-order valence-corrected chi connectivity index (χ3v) is 7.09. The van der Waals surface area contributed by atoms with E-state index in [2.05, 4.69) is 12.1 Å². The minimum absolute atomic E-state index is 0.0438. The monoisotopic (exact) mass is 461 g/mol. The average Bonchev–Trinajstić information content (AvgIpc) is 2.88. The molecule has 34 heavy (non-hydrogen) atoms. The fraction of sp³-hybridized carbons (Fsp3) is 0.321. The normalized spacial score (nSPS) is 20.4. The maximum absolute atomic E-state index is 15.6. The maximum Gasteiger partial charge on any atom is 0.147 e. The molecule has 176 valence electrons. The van der Waals surface area contributed by atoms with Gasteiger partial charge in [-0.05, 0) is 30.5 Å². The van der Waals surface area contributed by atoms with Crippen molar-refractivity contribution >= 4 is 12.0 Å². The van der Waals surface area contributed by atoms with Gasteiger partial charge in [-0.2, -0.15) is 0 Å². The van der Waals surface area contributed by atoms with Gasteiger partial charge in [0.1, 0.15) is 29.4 Å². The van der Waals surface area contributed by atoms with Gasteiger partial charge >= 0.3 is 0 Å². The fourth-order valence-corrected chi connectivity index (χ4v) is 5.27. The summed E-state index contributed by atoms with van der Waals surface area (Å²) in [7, 11) is 1.60. The highest BCUT2D eigenvalue weighted by molar-refractivity contribution is 5.61. The molecule has 5 rings (SSSR count). The number of piperidine rings is 1. The summed E-state index contributed by atoms with van der Waals surface area (Å²) in [6.07, 6.45) is 2.45. The second kappa shape index (κ2) is 9.37. The molecule has 2 aliphatic rings. The first-order valence-electron chi connectivity index (χ1n) is 11.7. The molecule has 0 radical (unpaired) electrons. The Morgan fingerprint density at radius 3 is 2.53 bits per heavy atom. The van der Waals surface area contributed by atoms with Gasteiger partial charge in [0, 0.05) is 54.1 Å². The maximum atomic E-state index is 15.6. The second-order valence-electron chi connectivity index (χ2n) is 9.03. The third kappa shape index (κ3) is 4.09. The Kier molecular flexibility index (Phi) is 6.14. The Labute approximate surface area is 198 Å². The van der Waals surface area contributed by atoms with Crippen LogP contribution in [-0.2, 0) is 4.79 Å². The molecule has 1 fully saturated rings. The zero-order chi connectivity index (χ0) is 23.7. The number of halogens is 1. The van der Waals surface area contributed by atoms with Crippen LogP contribution in [0.5, 0.6) is 17.2 Å². The van der Waals surface area contributed by atoms with E-state index in [1.807, 2.05) is 29.2 Å². The van der Waals surface area contributed by atoms with Crippen molar-refractivity contribution in [3.05, 3.63) is 83.2 Å². The third-order valence-electron chi connectivity index (χ3n) is 7.09. The van der Waals surface area contributed by atoms with E-state index in [4.69, 9.17) is 9.47 Å². The van der Waals surface area contributed by atoms with E-state index < -0.39 is 0 Å². The Morgan fingerprint density at radius 2 is 1.82 bits per heavy atom. The number of aldehydes is 1. The molecule has 0 aromatic heterocycles. The van der Waals surface area contributed by atoms with E-state index in [1.165, 1.54) is 0 Å². The molecule has 3 aromatic carbocycles. The van der Waals surface area contributed by atoms with Gasteiger partial charge < -0.3 is 24.3 Å². The second-order valence-corrected chi connectivity index (χ2v) is 9.03. The van der Waals surface area contributed by atoms with Gasteiger partial charge in [-0.25, -0.2) is 4.39 Å². The van der Waals surface area contributed by atoms with Crippen molar-refractivity contribution in [2.75, 3.05) is 31.7 Å². The highest BCUT2D eigenvalue weighted by Crippen LogP contribution is 2.50. The molecule has 0 amide bonds. The number of ether oxygens (including phenoxy) is 2. The van der Waals surface area contributed by atoms with Crippen LogP contribution in [0.3, 0.4) is 0 Å². The number of phenols is 1. The summed E-state index contributed by atoms with van der Waals surface area (Å²) in [6, 6.07) is 18.5. The van der Waals surface area contributed by atoms with Crippen LogP contribution in [0.2, 0.25) is 0 Å². The predicted octanol–water partition coefficient (Wildman–Crippen LogP) is 5.26. The summed E-state index contributed by atoms with van der Waals surface area (Å²) in [6.45, 7) is 1.67. The summed E-state index contributed by atoms with van der Waals surface area (Å²) in [5.74, 6) is 0.802. The fourth-order valence-electron chi connectivity index (χ4n) is 5.27. The minimum Gasteiger partial charge on any atom is -0.508 e. The number of phenolic OH excluding ortho intramolecular Hbond substituents is 1. The number of rotatable bonds is 5. The molecule has 3 aromatic rings. The Balaban J connectivity index is 1.60. The number of benzene rings is 3. The first-order chi connectivity index (χ1) is 16.6. The zero-order valence-electron chi connectivity index (χ0n) is 19.1. The lowest BCUT2D eigenvalue weighted by Gasteiger charge is -2.36. The number of fused-ring (bicyclic) bond motifs is 1. The van der Waals surface area contributed by atoms with Crippen molar-refractivity contribution in [3.63, 3.8) is 0 Å². The first kappa shape index (κ1) is 22.3. The number of hydrogen-bond donors (Lipinski definition) is 1. The highest BCUT2D eigenvalue weighted by atomic mass is 19.1. The standard InChI is InChI=1S/C28H28FNO4/c1-33-26-15-25(30-11-9-18(16-31)10-12-30)24(29)14-22(26)28-21-8-7-20(32)13-27(21)34-17-23(28)19-5-3-2-4-6-19/h2-8,13-16,18,23,28,32H,9-12,17H2,1H3/t23-,28+/m0/s1. The highest BCUT2D eigenvalue weighted by Gasteiger charge is 2.36. The van der Waals surface area contributed by atoms with Crippen molar-refractivity contribution in [1.29, 1.82) is 0 Å². The number of carbonyl (C=O) groups excluding carboxylic acids is 1. The summed E-state index contributed by atoms with van der Waals surface area (Å²) in [5, 5.41) is 10.00. The predicted molar refractivity (Wildman–Crippen MR) is 129 cm³/mol. The van der Waals surface area contributed by atoms with E-state index >= 15 is 4.39 Å². The Morgan fingerprint density at radius 1 is 1.06 bits per heavy atom. The molecule has 0 saturated carbocycles. The van der Waals surface area contributed by atoms with Gasteiger partial charge in [0.15, 0.2) is 0 Å². The molecule has 5 nitrogen and oxygen atoms in total. The number of nitrogens with zero attached hydrogens (tertiary/aromatic N) is 1. The number of anilines is 1. The number of hydrogen-bond acceptors (Lipinski definition) is 5. The molecule has 2 heterocycles. The van der Waals surface area contributed by atoms with E-state index in [1.54, 1.807) is 31.4 Å². The van der Waals surface area contributed by atoms with Gasteiger partial charge in [-0.3, -0.25) is 0 Å². The quantitative estimate of drug-likeness (QED) is 0.525. The van der Waals surface area contributed by atoms with E-state index in [9.17, 15) is 9.90 Å². The Hall–Kier alpha value is -3.54. The topological polar surface area (TPSA) is 59.0 Å². The minimum atomic E-state index is -0.306. The first-order valence-corrected chi connectivity index (χ1v) is 11.7. The molecule has 0 bridgehead atoms. The molecular formula is C28H28FNO4. The molecule has 2 aliphatic heterocycles. The van der Waals surface area contributed by atoms with Gasteiger partial charge in [0.2, 0.25) is 0 Å². The van der Waals surface area contributed by atoms with Crippen molar-refractivity contribution in [1.82, 2.24) is 0 Å². The Bertz CT molecular complexity index is 1170. The van der Waals surface area contributed by atoms with Crippen molar-refractivity contribution in [2.24, 2.45) is 5.92 Å². The smallest absolute Gasteiger partial charge is 0.147 e. The average molecular weight is 462 g/mol. The molecule has 6 heteroatoms. The molecule has 2 atom stereocenters. The van der Waals surface area contributed by atoms with Crippen molar-refractivity contribution in [3.8, 4) is 17.2 Å². The lowest BCUT2D eigenvalue weighted by atomic mass is 9.75. The van der Waals surface area contributed by atoms with Crippen LogP contribution in [0, 0.1) is 11.7 Å². The summed E-state index contributed by atoms with van der Waals surface area (Å²) < 4.78 is 27.5. The zero-order valence-corrected chi connectivity index (χ0v) is 19.1. The van der Waals surface area contributed by atoms with Crippen LogP contribution in [0.1, 0.15) is 41.4 Å². The molecular weight excluding hydrogens is 433 g/mol. The molecule has 1 saturated heterocycles. The van der Waals surface area contributed by atoms with Crippen LogP contribution < -0.4 is 14.4 Å². The summed E-state index contributed by atoms with van der Waals surface area (Å²) in [5.41, 5.74) is 3.22. The van der Waals surface area contributed by atoms with E-state index in [0.29, 0.717) is 36.9 Å². The largest absolute Gasteiger partial charge is 0.508 e. The molecule has 0 aliphatic carbocycles.